The summed E-state index contributed by atoms with van der Waals surface area (Å²) in [6.45, 7) is 9.05. The van der Waals surface area contributed by atoms with Crippen LogP contribution in [0.3, 0.4) is 0 Å². The second-order valence-electron chi connectivity index (χ2n) is 11.6. The summed E-state index contributed by atoms with van der Waals surface area (Å²) in [4.78, 5) is 10.5. The minimum absolute atomic E-state index is 0.284. The summed E-state index contributed by atoms with van der Waals surface area (Å²) >= 11 is 0. The van der Waals surface area contributed by atoms with Crippen LogP contribution in [0.4, 0.5) is 0 Å². The maximum Gasteiger partial charge on any atom is 0.145 e. The highest BCUT2D eigenvalue weighted by atomic mass is 16.3. The predicted octanol–water partition coefficient (Wildman–Crippen LogP) is 9.28. The first-order chi connectivity index (χ1) is 19.9. The number of nitrogens with zero attached hydrogens (tertiary/aromatic N) is 3. The number of pyridine rings is 1. The van der Waals surface area contributed by atoms with Crippen molar-refractivity contribution < 1.29 is 5.11 Å². The summed E-state index contributed by atoms with van der Waals surface area (Å²) < 4.78 is 2.37. The fourth-order valence-electron chi connectivity index (χ4n) is 6.29. The second-order valence-corrected chi connectivity index (χ2v) is 11.6. The van der Waals surface area contributed by atoms with Gasteiger partial charge in [-0.05, 0) is 52.3 Å². The topological polar surface area (TPSA) is 50.9 Å². The molecular weight excluding hydrogens is 502 g/mol. The molecule has 0 bridgehead atoms. The van der Waals surface area contributed by atoms with E-state index in [0.29, 0.717) is 11.8 Å². The van der Waals surface area contributed by atoms with Crippen molar-refractivity contribution in [2.45, 2.75) is 46.0 Å². The minimum Gasteiger partial charge on any atom is -0.507 e. The zero-order valence-corrected chi connectivity index (χ0v) is 23.9. The molecule has 1 N–H and O–H groups in total. The number of rotatable bonds is 5. The second kappa shape index (κ2) is 9.74. The van der Waals surface area contributed by atoms with E-state index in [9.17, 15) is 5.11 Å². The quantitative estimate of drug-likeness (QED) is 0.239. The third-order valence-electron chi connectivity index (χ3n) is 8.28. The third kappa shape index (κ3) is 4.05. The Balaban J connectivity index is 1.53. The van der Waals surface area contributed by atoms with E-state index in [-0.39, 0.29) is 5.75 Å². The minimum atomic E-state index is 0.284. The number of aromatic hydroxyl groups is 1. The van der Waals surface area contributed by atoms with Crippen molar-refractivity contribution in [1.29, 1.82) is 0 Å². The van der Waals surface area contributed by atoms with Gasteiger partial charge in [-0.2, -0.15) is 0 Å². The van der Waals surface area contributed by atoms with Crippen LogP contribution in [0.1, 0.15) is 61.8 Å². The number of fused-ring (bicyclic) bond motifs is 4. The number of phenolic OH excluding ortho intramolecular Hbond substituents is 1. The van der Waals surface area contributed by atoms with E-state index < -0.39 is 0 Å². The molecule has 6 aromatic rings. The molecule has 0 radical (unpaired) electrons. The number of para-hydroxylation sites is 2. The van der Waals surface area contributed by atoms with Crippen LogP contribution in [0.15, 0.2) is 97.1 Å². The van der Waals surface area contributed by atoms with Gasteiger partial charge in [-0.15, -0.1) is 0 Å². The zero-order chi connectivity index (χ0) is 28.2. The molecule has 0 saturated carbocycles. The highest BCUT2D eigenvalue weighted by Gasteiger charge is 2.26. The molecule has 2 aromatic heterocycles. The van der Waals surface area contributed by atoms with Crippen molar-refractivity contribution in [1.82, 2.24) is 14.5 Å². The van der Waals surface area contributed by atoms with Gasteiger partial charge in [0.25, 0.3) is 0 Å². The van der Waals surface area contributed by atoms with Crippen LogP contribution in [0.2, 0.25) is 0 Å². The van der Waals surface area contributed by atoms with Gasteiger partial charge in [0.05, 0.1) is 28.1 Å². The molecule has 0 saturated heterocycles. The SMILES string of the molecule is CC(C)c1cccc(C(C)C)c1-n1c(-c2ccccc2)nc2c(-c3ccc4c(n3)-c3c(O)cccc3C4)cccc21. The van der Waals surface area contributed by atoms with Gasteiger partial charge < -0.3 is 5.11 Å². The molecule has 4 aromatic carbocycles. The normalized spacial score (nSPS) is 12.3. The molecule has 0 aliphatic heterocycles. The average Bonchev–Trinajstić information content (AvgIpc) is 3.56. The first-order valence-electron chi connectivity index (χ1n) is 14.4. The van der Waals surface area contributed by atoms with Crippen LogP contribution >= 0.6 is 0 Å². The van der Waals surface area contributed by atoms with Crippen LogP contribution in [0, 0.1) is 0 Å². The van der Waals surface area contributed by atoms with E-state index in [2.05, 4.69) is 111 Å². The van der Waals surface area contributed by atoms with Gasteiger partial charge in [-0.25, -0.2) is 9.97 Å². The van der Waals surface area contributed by atoms with Gasteiger partial charge in [0.15, 0.2) is 0 Å². The Bertz CT molecular complexity index is 1910. The Kier molecular flexibility index (Phi) is 6.01. The molecule has 41 heavy (non-hydrogen) atoms. The summed E-state index contributed by atoms with van der Waals surface area (Å²) in [5.41, 5.74) is 12.7. The van der Waals surface area contributed by atoms with E-state index in [0.717, 1.165) is 62.5 Å². The van der Waals surface area contributed by atoms with Crippen molar-refractivity contribution in [3.8, 4) is 45.3 Å². The first-order valence-corrected chi connectivity index (χ1v) is 14.4. The number of aromatic nitrogens is 3. The Hall–Kier alpha value is -4.70. The summed E-state index contributed by atoms with van der Waals surface area (Å²) in [6, 6.07) is 33.5. The van der Waals surface area contributed by atoms with Crippen LogP contribution in [-0.4, -0.2) is 19.6 Å². The van der Waals surface area contributed by atoms with Gasteiger partial charge in [-0.1, -0.05) is 107 Å². The van der Waals surface area contributed by atoms with Crippen molar-refractivity contribution in [2.75, 3.05) is 0 Å². The lowest BCUT2D eigenvalue weighted by atomic mass is 9.92. The monoisotopic (exact) mass is 535 g/mol. The molecular formula is C37H33N3O. The molecule has 1 aliphatic carbocycles. The first kappa shape index (κ1) is 25.3. The van der Waals surface area contributed by atoms with Crippen LogP contribution in [-0.2, 0) is 6.42 Å². The average molecular weight is 536 g/mol. The lowest BCUT2D eigenvalue weighted by molar-refractivity contribution is 0.477. The van der Waals surface area contributed by atoms with Crippen molar-refractivity contribution in [3.63, 3.8) is 0 Å². The van der Waals surface area contributed by atoms with Crippen LogP contribution in [0.25, 0.3) is 50.6 Å². The molecule has 202 valence electrons. The van der Waals surface area contributed by atoms with Crippen molar-refractivity contribution in [2.24, 2.45) is 0 Å². The van der Waals surface area contributed by atoms with Crippen molar-refractivity contribution in [3.05, 3.63) is 119 Å². The van der Waals surface area contributed by atoms with Gasteiger partial charge in [0.2, 0.25) is 0 Å². The predicted molar refractivity (Wildman–Crippen MR) is 168 cm³/mol. The van der Waals surface area contributed by atoms with Crippen LogP contribution in [0.5, 0.6) is 5.75 Å². The van der Waals surface area contributed by atoms with E-state index >= 15 is 0 Å². The number of hydrogen-bond donors (Lipinski definition) is 1. The fraction of sp³-hybridized carbons (Fsp3) is 0.189. The highest BCUT2D eigenvalue weighted by Crippen LogP contribution is 2.43. The summed E-state index contributed by atoms with van der Waals surface area (Å²) in [5.74, 6) is 1.90. The molecule has 2 heterocycles. The molecule has 0 amide bonds. The van der Waals surface area contributed by atoms with E-state index in [4.69, 9.17) is 9.97 Å². The van der Waals surface area contributed by atoms with Crippen LogP contribution < -0.4 is 0 Å². The summed E-state index contributed by atoms with van der Waals surface area (Å²) in [5, 5.41) is 10.7. The molecule has 4 heteroatoms. The molecule has 0 spiro atoms. The molecule has 1 aliphatic rings. The third-order valence-corrected chi connectivity index (χ3v) is 8.28. The zero-order valence-electron chi connectivity index (χ0n) is 23.9. The molecule has 4 nitrogen and oxygen atoms in total. The highest BCUT2D eigenvalue weighted by molar-refractivity contribution is 5.95. The summed E-state index contributed by atoms with van der Waals surface area (Å²) in [6.07, 6.45) is 0.785. The standard InChI is InChI=1S/C37H33N3O/c1-22(2)27-14-9-15-28(23(3)4)36(27)40-31-17-10-16-29(35(31)39-37(40)24-11-6-5-7-12-24)30-20-19-26-21-25-13-8-18-32(41)33(25)34(26)38-30/h5-20,22-23,41H,21H2,1-4H3. The van der Waals surface area contributed by atoms with E-state index in [1.54, 1.807) is 6.07 Å². The van der Waals surface area contributed by atoms with E-state index in [1.165, 1.54) is 16.8 Å². The van der Waals surface area contributed by atoms with E-state index in [1.807, 2.05) is 12.1 Å². The van der Waals surface area contributed by atoms with Gasteiger partial charge in [-0.3, -0.25) is 4.57 Å². The Morgan fingerprint density at radius 3 is 2.12 bits per heavy atom. The smallest absolute Gasteiger partial charge is 0.145 e. The van der Waals surface area contributed by atoms with Gasteiger partial charge in [0, 0.05) is 23.1 Å². The lowest BCUT2D eigenvalue weighted by Gasteiger charge is -2.22. The maximum atomic E-state index is 10.7. The van der Waals surface area contributed by atoms with Gasteiger partial charge >= 0.3 is 0 Å². The number of benzene rings is 4. The lowest BCUT2D eigenvalue weighted by Crippen LogP contribution is -2.08. The maximum absolute atomic E-state index is 10.7. The largest absolute Gasteiger partial charge is 0.507 e. The Morgan fingerprint density at radius 2 is 1.39 bits per heavy atom. The molecule has 0 atom stereocenters. The molecule has 7 rings (SSSR count). The summed E-state index contributed by atoms with van der Waals surface area (Å²) in [7, 11) is 0. The number of phenols is 1. The van der Waals surface area contributed by atoms with Gasteiger partial charge in [0.1, 0.15) is 11.6 Å². The Morgan fingerprint density at radius 1 is 0.683 bits per heavy atom. The van der Waals surface area contributed by atoms with Crippen molar-refractivity contribution >= 4 is 11.0 Å². The number of imidazole rings is 1. The Labute approximate surface area is 241 Å². The molecule has 0 fully saturated rings. The fourth-order valence-corrected chi connectivity index (χ4v) is 6.29. The number of hydrogen-bond acceptors (Lipinski definition) is 3. The molecule has 0 unspecified atom stereocenters.